The van der Waals surface area contributed by atoms with E-state index in [4.69, 9.17) is 0 Å². The minimum absolute atomic E-state index is 0.518. The van der Waals surface area contributed by atoms with Gasteiger partial charge in [-0.3, -0.25) is 0 Å². The number of hydrogen-bond donors (Lipinski definition) is 1. The van der Waals surface area contributed by atoms with E-state index < -0.39 is 5.60 Å². The van der Waals surface area contributed by atoms with Crippen molar-refractivity contribution in [3.8, 4) is 0 Å². The largest absolute Gasteiger partial charge is 0.385 e. The molecular formula is C14H24OS. The molecule has 1 aromatic rings. The molecular weight excluding hydrogens is 216 g/mol. The molecule has 1 aromatic heterocycles. The van der Waals surface area contributed by atoms with Crippen LogP contribution >= 0.6 is 11.3 Å². The number of aliphatic hydroxyl groups is 1. The lowest BCUT2D eigenvalue weighted by atomic mass is 9.81. The predicted molar refractivity (Wildman–Crippen MR) is 71.9 cm³/mol. The van der Waals surface area contributed by atoms with Gasteiger partial charge in [-0.1, -0.05) is 27.7 Å². The SMILES string of the molecule is Cc1cc(C(O)(CC(C)C)CC(C)C)cs1. The van der Waals surface area contributed by atoms with Crippen LogP contribution in [0.15, 0.2) is 11.4 Å². The highest BCUT2D eigenvalue weighted by Crippen LogP contribution is 2.36. The van der Waals surface area contributed by atoms with Crippen molar-refractivity contribution < 1.29 is 5.11 Å². The third kappa shape index (κ3) is 3.60. The maximum Gasteiger partial charge on any atom is 0.0909 e. The van der Waals surface area contributed by atoms with Crippen LogP contribution in [-0.2, 0) is 5.60 Å². The monoisotopic (exact) mass is 240 g/mol. The number of aryl methyl sites for hydroxylation is 1. The third-order valence-electron chi connectivity index (χ3n) is 2.76. The van der Waals surface area contributed by atoms with Crippen molar-refractivity contribution in [3.63, 3.8) is 0 Å². The average Bonchev–Trinajstić information content (AvgIpc) is 2.48. The van der Waals surface area contributed by atoms with E-state index >= 15 is 0 Å². The topological polar surface area (TPSA) is 20.2 Å². The molecule has 1 N–H and O–H groups in total. The fourth-order valence-electron chi connectivity index (χ4n) is 2.36. The molecule has 0 aliphatic carbocycles. The third-order valence-corrected chi connectivity index (χ3v) is 3.62. The Kier molecular flexibility index (Phi) is 4.57. The summed E-state index contributed by atoms with van der Waals surface area (Å²) in [5.74, 6) is 1.04. The average molecular weight is 240 g/mol. The summed E-state index contributed by atoms with van der Waals surface area (Å²) in [5.41, 5.74) is 0.477. The molecule has 1 nitrogen and oxygen atoms in total. The Labute approximate surface area is 104 Å². The second-order valence-corrected chi connectivity index (χ2v) is 6.79. The highest BCUT2D eigenvalue weighted by Gasteiger charge is 2.31. The summed E-state index contributed by atoms with van der Waals surface area (Å²) in [5, 5.41) is 13.0. The van der Waals surface area contributed by atoms with Crippen LogP contribution in [0.4, 0.5) is 0 Å². The van der Waals surface area contributed by atoms with E-state index in [-0.39, 0.29) is 0 Å². The van der Waals surface area contributed by atoms with E-state index in [0.29, 0.717) is 11.8 Å². The molecule has 2 heteroatoms. The minimum Gasteiger partial charge on any atom is -0.385 e. The summed E-state index contributed by atoms with van der Waals surface area (Å²) in [6.45, 7) is 10.8. The summed E-state index contributed by atoms with van der Waals surface area (Å²) >= 11 is 1.73. The van der Waals surface area contributed by atoms with E-state index in [9.17, 15) is 5.11 Å². The van der Waals surface area contributed by atoms with E-state index in [1.54, 1.807) is 11.3 Å². The molecule has 0 aromatic carbocycles. The first kappa shape index (κ1) is 13.7. The van der Waals surface area contributed by atoms with Gasteiger partial charge in [0, 0.05) is 4.88 Å². The fourth-order valence-corrected chi connectivity index (χ4v) is 3.15. The van der Waals surface area contributed by atoms with Gasteiger partial charge in [0.15, 0.2) is 0 Å². The van der Waals surface area contributed by atoms with E-state index in [1.807, 2.05) is 0 Å². The van der Waals surface area contributed by atoms with Crippen LogP contribution in [-0.4, -0.2) is 5.11 Å². The Morgan fingerprint density at radius 2 is 1.69 bits per heavy atom. The highest BCUT2D eigenvalue weighted by molar-refractivity contribution is 7.10. The number of thiophene rings is 1. The lowest BCUT2D eigenvalue weighted by Crippen LogP contribution is -2.29. The van der Waals surface area contributed by atoms with Gasteiger partial charge < -0.3 is 5.11 Å². The first-order valence-electron chi connectivity index (χ1n) is 6.11. The molecule has 92 valence electrons. The van der Waals surface area contributed by atoms with Crippen molar-refractivity contribution in [3.05, 3.63) is 21.9 Å². The summed E-state index contributed by atoms with van der Waals surface area (Å²) in [6.07, 6.45) is 1.70. The molecule has 0 aliphatic heterocycles. The maximum atomic E-state index is 10.8. The maximum absolute atomic E-state index is 10.8. The summed E-state index contributed by atoms with van der Waals surface area (Å²) in [7, 11) is 0. The molecule has 0 saturated carbocycles. The Hall–Kier alpha value is -0.340. The Balaban J connectivity index is 2.94. The predicted octanol–water partition coefficient (Wildman–Crippen LogP) is 4.34. The van der Waals surface area contributed by atoms with Gasteiger partial charge in [0.05, 0.1) is 5.60 Å². The van der Waals surface area contributed by atoms with Gasteiger partial charge >= 0.3 is 0 Å². The molecule has 0 spiro atoms. The molecule has 16 heavy (non-hydrogen) atoms. The van der Waals surface area contributed by atoms with Gasteiger partial charge in [-0.05, 0) is 48.6 Å². The zero-order valence-corrected chi connectivity index (χ0v) is 11.9. The zero-order valence-electron chi connectivity index (χ0n) is 11.1. The second-order valence-electron chi connectivity index (χ2n) is 5.67. The van der Waals surface area contributed by atoms with Gasteiger partial charge in [-0.25, -0.2) is 0 Å². The summed E-state index contributed by atoms with van der Waals surface area (Å²) < 4.78 is 0. The van der Waals surface area contributed by atoms with Gasteiger partial charge in [-0.15, -0.1) is 11.3 Å². The molecule has 0 unspecified atom stereocenters. The van der Waals surface area contributed by atoms with Gasteiger partial charge in [0.1, 0.15) is 0 Å². The molecule has 0 aliphatic rings. The summed E-state index contributed by atoms with van der Waals surface area (Å²) in [4.78, 5) is 1.28. The standard InChI is InChI=1S/C14H24OS/c1-10(2)7-14(15,8-11(3)4)13-6-12(5)16-9-13/h6,9-11,15H,7-8H2,1-5H3. The van der Waals surface area contributed by atoms with Crippen LogP contribution in [0, 0.1) is 18.8 Å². The smallest absolute Gasteiger partial charge is 0.0909 e. The fraction of sp³-hybridized carbons (Fsp3) is 0.714. The van der Waals surface area contributed by atoms with Crippen molar-refractivity contribution in [1.29, 1.82) is 0 Å². The minimum atomic E-state index is -0.632. The lowest BCUT2D eigenvalue weighted by molar-refractivity contribution is -0.00414. The Bertz CT molecular complexity index is 315. The van der Waals surface area contributed by atoms with Crippen molar-refractivity contribution >= 4 is 11.3 Å². The molecule has 1 heterocycles. The van der Waals surface area contributed by atoms with E-state index in [0.717, 1.165) is 18.4 Å². The lowest BCUT2D eigenvalue weighted by Gasteiger charge is -2.31. The molecule has 1 rings (SSSR count). The quantitative estimate of drug-likeness (QED) is 0.812. The second kappa shape index (κ2) is 5.33. The van der Waals surface area contributed by atoms with Crippen molar-refractivity contribution in [1.82, 2.24) is 0 Å². The molecule has 0 fully saturated rings. The van der Waals surface area contributed by atoms with Crippen molar-refractivity contribution in [2.24, 2.45) is 11.8 Å². The van der Waals surface area contributed by atoms with Gasteiger partial charge in [0.2, 0.25) is 0 Å². The first-order chi connectivity index (χ1) is 7.33. The molecule has 0 atom stereocenters. The van der Waals surface area contributed by atoms with Crippen molar-refractivity contribution in [2.45, 2.75) is 53.1 Å². The van der Waals surface area contributed by atoms with Gasteiger partial charge in [-0.2, -0.15) is 0 Å². The van der Waals surface area contributed by atoms with E-state index in [1.165, 1.54) is 4.88 Å². The highest BCUT2D eigenvalue weighted by atomic mass is 32.1. The molecule has 0 amide bonds. The van der Waals surface area contributed by atoms with Gasteiger partial charge in [0.25, 0.3) is 0 Å². The molecule has 0 saturated heterocycles. The van der Waals surface area contributed by atoms with Crippen LogP contribution in [0.1, 0.15) is 51.0 Å². The first-order valence-corrected chi connectivity index (χ1v) is 6.99. The molecule has 0 bridgehead atoms. The normalized spacial score (nSPS) is 12.8. The Morgan fingerprint density at radius 3 is 2.00 bits per heavy atom. The van der Waals surface area contributed by atoms with Crippen LogP contribution in [0.2, 0.25) is 0 Å². The van der Waals surface area contributed by atoms with Crippen molar-refractivity contribution in [2.75, 3.05) is 0 Å². The van der Waals surface area contributed by atoms with E-state index in [2.05, 4.69) is 46.1 Å². The van der Waals surface area contributed by atoms with Crippen LogP contribution in [0.25, 0.3) is 0 Å². The Morgan fingerprint density at radius 1 is 1.19 bits per heavy atom. The molecule has 0 radical (unpaired) electrons. The number of rotatable bonds is 5. The van der Waals surface area contributed by atoms with Crippen LogP contribution < -0.4 is 0 Å². The zero-order chi connectivity index (χ0) is 12.3. The van der Waals surface area contributed by atoms with Crippen LogP contribution in [0.3, 0.4) is 0 Å². The summed E-state index contributed by atoms with van der Waals surface area (Å²) in [6, 6.07) is 2.13. The van der Waals surface area contributed by atoms with Crippen LogP contribution in [0.5, 0.6) is 0 Å². The number of hydrogen-bond acceptors (Lipinski definition) is 2.